The SMILES string of the molecule is C1=Cc2c(c3c4c5ccccc5n(-c5ccc(-c6cc(-c7ccccc7)nc(-c7ccccc7)n6)cc5)c4ccc3n2-c2nc(-c3ccccc3)nc(-c3cccc(-c4ccccc4)c3)n2)CC1. The Morgan fingerprint density at radius 3 is 1.56 bits per heavy atom. The van der Waals surface area contributed by atoms with E-state index >= 15 is 0 Å². The van der Waals surface area contributed by atoms with E-state index in [1.54, 1.807) is 0 Å². The van der Waals surface area contributed by atoms with Crippen molar-refractivity contribution in [1.29, 1.82) is 0 Å². The molecule has 4 heterocycles. The van der Waals surface area contributed by atoms with Gasteiger partial charge in [-0.1, -0.05) is 176 Å². The van der Waals surface area contributed by atoms with Gasteiger partial charge in [-0.25, -0.2) is 15.0 Å². The molecule has 0 unspecified atom stereocenters. The molecule has 68 heavy (non-hydrogen) atoms. The van der Waals surface area contributed by atoms with Crippen molar-refractivity contribution < 1.29 is 0 Å². The fourth-order valence-electron chi connectivity index (χ4n) is 9.91. The normalized spacial score (nSPS) is 12.2. The molecule has 1 aliphatic rings. The fraction of sp³-hybridized carbons (Fsp3) is 0.0328. The van der Waals surface area contributed by atoms with Crippen molar-refractivity contribution in [2.45, 2.75) is 12.8 Å². The molecule has 0 spiro atoms. The average molecular weight is 872 g/mol. The molecule has 13 rings (SSSR count). The molecule has 0 amide bonds. The average Bonchev–Trinajstić information content (AvgIpc) is 3.95. The Balaban J connectivity index is 0.978. The van der Waals surface area contributed by atoms with Gasteiger partial charge >= 0.3 is 0 Å². The molecule has 7 heteroatoms. The molecule has 1 aliphatic carbocycles. The van der Waals surface area contributed by atoms with Crippen molar-refractivity contribution in [1.82, 2.24) is 34.1 Å². The summed E-state index contributed by atoms with van der Waals surface area (Å²) in [5, 5.41) is 3.64. The molecule has 0 bridgehead atoms. The molecule has 8 aromatic carbocycles. The van der Waals surface area contributed by atoms with Gasteiger partial charge in [0.2, 0.25) is 5.95 Å². The number of aryl methyl sites for hydroxylation is 1. The number of rotatable bonds is 8. The molecule has 7 nitrogen and oxygen atoms in total. The molecule has 320 valence electrons. The molecule has 0 atom stereocenters. The number of allylic oxidation sites excluding steroid dienone is 1. The van der Waals surface area contributed by atoms with Gasteiger partial charge in [0.1, 0.15) is 0 Å². The highest BCUT2D eigenvalue weighted by atomic mass is 15.2. The zero-order chi connectivity index (χ0) is 45.0. The lowest BCUT2D eigenvalue weighted by Crippen LogP contribution is -2.08. The van der Waals surface area contributed by atoms with Gasteiger partial charge in [-0.05, 0) is 78.1 Å². The Hall–Kier alpha value is -9.07. The van der Waals surface area contributed by atoms with Crippen LogP contribution in [-0.2, 0) is 6.42 Å². The predicted octanol–water partition coefficient (Wildman–Crippen LogP) is 14.7. The van der Waals surface area contributed by atoms with Gasteiger partial charge < -0.3 is 4.57 Å². The Kier molecular flexibility index (Phi) is 9.49. The first kappa shape index (κ1) is 39.3. The minimum atomic E-state index is 0.589. The summed E-state index contributed by atoms with van der Waals surface area (Å²) in [6.07, 6.45) is 6.38. The monoisotopic (exact) mass is 871 g/mol. The lowest BCUT2D eigenvalue weighted by Gasteiger charge is -2.13. The van der Waals surface area contributed by atoms with Crippen molar-refractivity contribution in [3.05, 3.63) is 230 Å². The van der Waals surface area contributed by atoms with Gasteiger partial charge in [-0.3, -0.25) is 4.57 Å². The zero-order valence-electron chi connectivity index (χ0n) is 36.9. The summed E-state index contributed by atoms with van der Waals surface area (Å²) in [7, 11) is 0. The molecule has 0 N–H and O–H groups in total. The second-order valence-corrected chi connectivity index (χ2v) is 17.2. The minimum Gasteiger partial charge on any atom is -0.309 e. The van der Waals surface area contributed by atoms with Gasteiger partial charge in [0.05, 0.1) is 33.6 Å². The van der Waals surface area contributed by atoms with E-state index in [0.717, 1.165) is 91.1 Å². The van der Waals surface area contributed by atoms with Crippen LogP contribution < -0.4 is 0 Å². The Labute approximate surface area is 393 Å². The predicted molar refractivity (Wildman–Crippen MR) is 277 cm³/mol. The second-order valence-electron chi connectivity index (χ2n) is 17.2. The van der Waals surface area contributed by atoms with Crippen LogP contribution in [0.1, 0.15) is 17.7 Å². The van der Waals surface area contributed by atoms with Crippen LogP contribution in [0.2, 0.25) is 0 Å². The molecule has 0 aliphatic heterocycles. The summed E-state index contributed by atoms with van der Waals surface area (Å²) < 4.78 is 4.66. The first-order valence-electron chi connectivity index (χ1n) is 23.1. The first-order chi connectivity index (χ1) is 33.7. The van der Waals surface area contributed by atoms with Crippen molar-refractivity contribution in [3.8, 4) is 79.4 Å². The molecule has 0 fully saturated rings. The number of para-hydroxylation sites is 1. The smallest absolute Gasteiger partial charge is 0.238 e. The van der Waals surface area contributed by atoms with E-state index in [1.165, 1.54) is 21.7 Å². The Bertz CT molecular complexity index is 3820. The number of hydrogen-bond acceptors (Lipinski definition) is 5. The minimum absolute atomic E-state index is 0.589. The van der Waals surface area contributed by atoms with Crippen molar-refractivity contribution in [2.24, 2.45) is 0 Å². The van der Waals surface area contributed by atoms with Crippen LogP contribution in [0, 0.1) is 0 Å². The third-order valence-electron chi connectivity index (χ3n) is 13.1. The van der Waals surface area contributed by atoms with E-state index in [2.05, 4.69) is 173 Å². The molecule has 0 saturated heterocycles. The summed E-state index contributed by atoms with van der Waals surface area (Å²) in [6, 6.07) is 73.8. The molecular weight excluding hydrogens is 831 g/mol. The second kappa shape index (κ2) is 16.4. The van der Waals surface area contributed by atoms with E-state index in [0.29, 0.717) is 23.4 Å². The van der Waals surface area contributed by atoms with Gasteiger partial charge in [0.25, 0.3) is 0 Å². The van der Waals surface area contributed by atoms with Crippen LogP contribution in [-0.4, -0.2) is 34.1 Å². The van der Waals surface area contributed by atoms with Crippen LogP contribution in [0.3, 0.4) is 0 Å². The number of hydrogen-bond donors (Lipinski definition) is 0. The van der Waals surface area contributed by atoms with E-state index in [-0.39, 0.29) is 0 Å². The maximum absolute atomic E-state index is 5.33. The standard InChI is InChI=1S/C61H41N7/c1-5-18-40(19-6-1)45-26-17-27-46(38-45)60-64-59(44-24-11-4-12-25-44)65-61(66-60)68-53-31-16-14-29-49(53)57-55(68)37-36-54-56(57)48-28-13-15-30-52(48)67(54)47-34-32-42(33-35-47)51-39-50(41-20-7-2-8-21-41)62-58(63-51)43-22-9-3-10-23-43/h1-13,15-28,30-39H,14,29H2. The Morgan fingerprint density at radius 1 is 0.353 bits per heavy atom. The van der Waals surface area contributed by atoms with E-state index in [9.17, 15) is 0 Å². The number of aromatic nitrogens is 7. The zero-order valence-corrected chi connectivity index (χ0v) is 36.9. The van der Waals surface area contributed by atoms with Crippen LogP contribution in [0.25, 0.3) is 118 Å². The number of benzene rings is 8. The van der Waals surface area contributed by atoms with E-state index in [1.807, 2.05) is 60.7 Å². The third-order valence-corrected chi connectivity index (χ3v) is 13.1. The molecule has 12 aromatic rings. The van der Waals surface area contributed by atoms with Gasteiger partial charge in [0, 0.05) is 49.7 Å². The third kappa shape index (κ3) is 6.79. The summed E-state index contributed by atoms with van der Waals surface area (Å²) in [5.41, 5.74) is 15.7. The molecule has 0 saturated carbocycles. The van der Waals surface area contributed by atoms with Gasteiger partial charge in [-0.2, -0.15) is 9.97 Å². The van der Waals surface area contributed by atoms with Crippen LogP contribution in [0.4, 0.5) is 0 Å². The van der Waals surface area contributed by atoms with Crippen LogP contribution in [0.15, 0.2) is 218 Å². The quantitative estimate of drug-likeness (QED) is 0.152. The summed E-state index contributed by atoms with van der Waals surface area (Å²) in [6.45, 7) is 0. The van der Waals surface area contributed by atoms with Crippen LogP contribution in [0.5, 0.6) is 0 Å². The summed E-state index contributed by atoms with van der Waals surface area (Å²) in [4.78, 5) is 25.9. The lowest BCUT2D eigenvalue weighted by molar-refractivity contribution is 0.902. The van der Waals surface area contributed by atoms with Crippen LogP contribution >= 0.6 is 0 Å². The van der Waals surface area contributed by atoms with Crippen molar-refractivity contribution in [3.63, 3.8) is 0 Å². The fourth-order valence-corrected chi connectivity index (χ4v) is 9.91. The van der Waals surface area contributed by atoms with E-state index < -0.39 is 0 Å². The molecule has 4 aromatic heterocycles. The number of fused-ring (bicyclic) bond motifs is 7. The van der Waals surface area contributed by atoms with Gasteiger partial charge in [-0.15, -0.1) is 0 Å². The highest BCUT2D eigenvalue weighted by Gasteiger charge is 2.26. The maximum Gasteiger partial charge on any atom is 0.238 e. The van der Waals surface area contributed by atoms with E-state index in [4.69, 9.17) is 24.9 Å². The largest absolute Gasteiger partial charge is 0.309 e. The highest BCUT2D eigenvalue weighted by Crippen LogP contribution is 2.43. The maximum atomic E-state index is 5.33. The van der Waals surface area contributed by atoms with Crippen molar-refractivity contribution in [2.75, 3.05) is 0 Å². The summed E-state index contributed by atoms with van der Waals surface area (Å²) in [5.74, 6) is 2.54. The van der Waals surface area contributed by atoms with Crippen molar-refractivity contribution >= 4 is 38.8 Å². The molecular formula is C61H41N7. The Morgan fingerprint density at radius 2 is 0.882 bits per heavy atom. The highest BCUT2D eigenvalue weighted by molar-refractivity contribution is 6.22. The van der Waals surface area contributed by atoms with Gasteiger partial charge in [0.15, 0.2) is 17.5 Å². The lowest BCUT2D eigenvalue weighted by atomic mass is 9.98. The molecule has 0 radical (unpaired) electrons. The summed E-state index contributed by atoms with van der Waals surface area (Å²) >= 11 is 0. The topological polar surface area (TPSA) is 74.3 Å². The number of nitrogens with zero attached hydrogens (tertiary/aromatic N) is 7. The first-order valence-corrected chi connectivity index (χ1v) is 23.1.